The fourth-order valence-corrected chi connectivity index (χ4v) is 5.13. The van der Waals surface area contributed by atoms with E-state index in [0.29, 0.717) is 17.9 Å². The average molecular weight is 557 g/mol. The zero-order valence-electron chi connectivity index (χ0n) is 24.4. The Bertz CT molecular complexity index is 1660. The molecule has 0 saturated heterocycles. The topological polar surface area (TPSA) is 67.2 Å². The maximum Gasteiger partial charge on any atom is 0.254 e. The second-order valence-electron chi connectivity index (χ2n) is 10.4. The Balaban J connectivity index is 1.43. The van der Waals surface area contributed by atoms with Crippen LogP contribution in [0, 0.1) is 13.8 Å². The molecule has 0 atom stereocenters. The number of hydrogen-bond donors (Lipinski definition) is 1. The largest absolute Gasteiger partial charge is 0.329 e. The summed E-state index contributed by atoms with van der Waals surface area (Å²) in [5, 5.41) is 7.97. The first-order valence-corrected chi connectivity index (χ1v) is 14.4. The normalized spacial score (nSPS) is 10.8. The first kappa shape index (κ1) is 28.6. The number of nitrogens with zero attached hydrogens (tertiary/aromatic N) is 3. The Hall–Kier alpha value is -4.97. The van der Waals surface area contributed by atoms with E-state index in [0.717, 1.165) is 52.0 Å². The van der Waals surface area contributed by atoms with Crippen molar-refractivity contribution in [2.24, 2.45) is 0 Å². The molecule has 42 heavy (non-hydrogen) atoms. The fraction of sp³-hybridized carbons (Fsp3) is 0.194. The summed E-state index contributed by atoms with van der Waals surface area (Å²) in [5.74, 6) is 0.158. The van der Waals surface area contributed by atoms with E-state index in [1.165, 1.54) is 0 Å². The van der Waals surface area contributed by atoms with E-state index >= 15 is 0 Å². The van der Waals surface area contributed by atoms with E-state index in [9.17, 15) is 9.59 Å². The van der Waals surface area contributed by atoms with Crippen LogP contribution >= 0.6 is 0 Å². The van der Waals surface area contributed by atoms with Crippen molar-refractivity contribution >= 4 is 17.6 Å². The van der Waals surface area contributed by atoms with Crippen LogP contribution in [-0.2, 0) is 4.79 Å². The summed E-state index contributed by atoms with van der Waals surface area (Å²) in [6, 6.07) is 35.5. The molecule has 0 spiro atoms. The van der Waals surface area contributed by atoms with Crippen molar-refractivity contribution in [3.63, 3.8) is 0 Å². The van der Waals surface area contributed by atoms with Gasteiger partial charge in [-0.3, -0.25) is 9.59 Å². The maximum absolute atomic E-state index is 13.7. The molecular weight excluding hydrogens is 520 g/mol. The number of hydrogen-bond acceptors (Lipinski definition) is 3. The van der Waals surface area contributed by atoms with E-state index < -0.39 is 0 Å². The van der Waals surface area contributed by atoms with E-state index in [-0.39, 0.29) is 18.4 Å². The predicted molar refractivity (Wildman–Crippen MR) is 170 cm³/mol. The van der Waals surface area contributed by atoms with E-state index in [2.05, 4.69) is 12.2 Å². The molecule has 4 aromatic carbocycles. The number of benzene rings is 4. The van der Waals surface area contributed by atoms with Gasteiger partial charge >= 0.3 is 0 Å². The van der Waals surface area contributed by atoms with Crippen LogP contribution in [0.3, 0.4) is 0 Å². The number of para-hydroxylation sites is 1. The molecule has 6 heteroatoms. The molecule has 5 aromatic rings. The Morgan fingerprint density at radius 2 is 1.36 bits per heavy atom. The standard InChI is InChI=1S/C36H36N4O2/c1-4-5-24-39(36(42)31-22-20-29(21-23-31)28-15-8-6-9-16-28)25-33(41)37-35-34(30-17-10-7-11-18-30)27(3)38-40(35)32-19-13-12-14-26(32)2/h6-23H,4-5,24-25H2,1-3H3,(H,37,41). The predicted octanol–water partition coefficient (Wildman–Crippen LogP) is 7.70. The van der Waals surface area contributed by atoms with Crippen molar-refractivity contribution in [1.29, 1.82) is 0 Å². The maximum atomic E-state index is 13.7. The van der Waals surface area contributed by atoms with E-state index in [4.69, 9.17) is 5.10 Å². The molecule has 0 unspecified atom stereocenters. The number of rotatable bonds is 10. The van der Waals surface area contributed by atoms with Gasteiger partial charge in [-0.15, -0.1) is 0 Å². The summed E-state index contributed by atoms with van der Waals surface area (Å²) in [4.78, 5) is 29.0. The molecule has 0 bridgehead atoms. The fourth-order valence-electron chi connectivity index (χ4n) is 5.13. The van der Waals surface area contributed by atoms with Crippen molar-refractivity contribution in [3.05, 3.63) is 126 Å². The molecule has 0 fully saturated rings. The third-order valence-electron chi connectivity index (χ3n) is 7.37. The molecule has 212 valence electrons. The molecule has 2 amide bonds. The Labute approximate surface area is 247 Å². The molecule has 1 N–H and O–H groups in total. The van der Waals surface area contributed by atoms with Crippen LogP contribution in [0.1, 0.15) is 41.4 Å². The highest BCUT2D eigenvalue weighted by molar-refractivity contribution is 6.01. The van der Waals surface area contributed by atoms with Crippen molar-refractivity contribution < 1.29 is 9.59 Å². The number of amides is 2. The van der Waals surface area contributed by atoms with Crippen LogP contribution in [0.15, 0.2) is 109 Å². The first-order chi connectivity index (χ1) is 20.5. The summed E-state index contributed by atoms with van der Waals surface area (Å²) < 4.78 is 1.80. The third-order valence-corrected chi connectivity index (χ3v) is 7.37. The Morgan fingerprint density at radius 3 is 2.00 bits per heavy atom. The van der Waals surface area contributed by atoms with Gasteiger partial charge in [-0.25, -0.2) is 4.68 Å². The molecule has 6 nitrogen and oxygen atoms in total. The Morgan fingerprint density at radius 1 is 0.762 bits per heavy atom. The minimum atomic E-state index is -0.271. The number of aromatic nitrogens is 2. The summed E-state index contributed by atoms with van der Waals surface area (Å²) in [6.45, 7) is 6.47. The molecule has 0 radical (unpaired) electrons. The highest BCUT2D eigenvalue weighted by atomic mass is 16.2. The lowest BCUT2D eigenvalue weighted by Crippen LogP contribution is -2.39. The first-order valence-electron chi connectivity index (χ1n) is 14.4. The van der Waals surface area contributed by atoms with Crippen LogP contribution in [0.2, 0.25) is 0 Å². The zero-order valence-corrected chi connectivity index (χ0v) is 24.4. The van der Waals surface area contributed by atoms with Crippen LogP contribution in [-0.4, -0.2) is 39.6 Å². The highest BCUT2D eigenvalue weighted by Crippen LogP contribution is 2.34. The number of carbonyl (C=O) groups excluding carboxylic acids is 2. The molecular formula is C36H36N4O2. The van der Waals surface area contributed by atoms with E-state index in [1.807, 2.05) is 123 Å². The summed E-state index contributed by atoms with van der Waals surface area (Å²) in [5.41, 5.74) is 7.23. The van der Waals surface area contributed by atoms with Gasteiger partial charge in [0.05, 0.1) is 11.4 Å². The average Bonchev–Trinajstić information content (AvgIpc) is 3.34. The van der Waals surface area contributed by atoms with Crippen LogP contribution < -0.4 is 5.32 Å². The van der Waals surface area contributed by atoms with Gasteiger partial charge < -0.3 is 10.2 Å². The molecule has 0 aliphatic rings. The monoisotopic (exact) mass is 556 g/mol. The molecule has 1 aromatic heterocycles. The van der Waals surface area contributed by atoms with Gasteiger partial charge in [-0.05, 0) is 60.7 Å². The quantitative estimate of drug-likeness (QED) is 0.192. The number of anilines is 1. The van der Waals surface area contributed by atoms with Gasteiger partial charge in [0, 0.05) is 17.7 Å². The zero-order chi connectivity index (χ0) is 29.5. The SMILES string of the molecule is CCCCN(CC(=O)Nc1c(-c2ccccc2)c(C)nn1-c1ccccc1C)C(=O)c1ccc(-c2ccccc2)cc1. The molecule has 5 rings (SSSR count). The second kappa shape index (κ2) is 13.1. The number of carbonyl (C=O) groups is 2. The van der Waals surface area contributed by atoms with Gasteiger partial charge in [0.25, 0.3) is 5.91 Å². The minimum absolute atomic E-state index is 0.0640. The lowest BCUT2D eigenvalue weighted by Gasteiger charge is -2.23. The lowest BCUT2D eigenvalue weighted by atomic mass is 10.0. The van der Waals surface area contributed by atoms with Crippen LogP contribution in [0.5, 0.6) is 0 Å². The van der Waals surface area contributed by atoms with Gasteiger partial charge in [0.2, 0.25) is 5.91 Å². The van der Waals surface area contributed by atoms with Crippen LogP contribution in [0.4, 0.5) is 5.82 Å². The van der Waals surface area contributed by atoms with Crippen LogP contribution in [0.25, 0.3) is 27.9 Å². The molecule has 1 heterocycles. The summed E-state index contributed by atoms with van der Waals surface area (Å²) in [7, 11) is 0. The second-order valence-corrected chi connectivity index (χ2v) is 10.4. The van der Waals surface area contributed by atoms with Gasteiger partial charge in [0.15, 0.2) is 0 Å². The number of aryl methyl sites for hydroxylation is 2. The summed E-state index contributed by atoms with van der Waals surface area (Å²) in [6.07, 6.45) is 1.71. The molecule has 0 aliphatic carbocycles. The van der Waals surface area contributed by atoms with Crippen molar-refractivity contribution in [2.45, 2.75) is 33.6 Å². The van der Waals surface area contributed by atoms with Gasteiger partial charge in [0.1, 0.15) is 12.4 Å². The number of unbranched alkanes of at least 4 members (excludes halogenated alkanes) is 1. The highest BCUT2D eigenvalue weighted by Gasteiger charge is 2.24. The lowest BCUT2D eigenvalue weighted by molar-refractivity contribution is -0.116. The van der Waals surface area contributed by atoms with E-state index in [1.54, 1.807) is 9.58 Å². The van der Waals surface area contributed by atoms with Crippen molar-refractivity contribution in [3.8, 4) is 27.9 Å². The van der Waals surface area contributed by atoms with Gasteiger partial charge in [-0.1, -0.05) is 104 Å². The molecule has 0 saturated carbocycles. The number of nitrogens with one attached hydrogen (secondary N) is 1. The smallest absolute Gasteiger partial charge is 0.254 e. The van der Waals surface area contributed by atoms with Crippen molar-refractivity contribution in [2.75, 3.05) is 18.4 Å². The Kier molecular flexibility index (Phi) is 8.93. The third kappa shape index (κ3) is 6.33. The minimum Gasteiger partial charge on any atom is -0.329 e. The summed E-state index contributed by atoms with van der Waals surface area (Å²) >= 11 is 0. The van der Waals surface area contributed by atoms with Crippen molar-refractivity contribution in [1.82, 2.24) is 14.7 Å². The molecule has 0 aliphatic heterocycles. The van der Waals surface area contributed by atoms with Gasteiger partial charge in [-0.2, -0.15) is 5.10 Å².